The van der Waals surface area contributed by atoms with Crippen LogP contribution in [0.1, 0.15) is 48.2 Å². The zero-order valence-electron chi connectivity index (χ0n) is 20.5. The number of aromatic nitrogens is 2. The van der Waals surface area contributed by atoms with Crippen molar-refractivity contribution in [3.05, 3.63) is 52.7 Å². The Hall–Kier alpha value is -2.66. The van der Waals surface area contributed by atoms with Crippen molar-refractivity contribution in [2.75, 3.05) is 30.8 Å². The fourth-order valence-electron chi connectivity index (χ4n) is 4.30. The smallest absolute Gasteiger partial charge is 0.270 e. The van der Waals surface area contributed by atoms with Crippen LogP contribution in [0.5, 0.6) is 0 Å². The van der Waals surface area contributed by atoms with E-state index in [0.29, 0.717) is 33.0 Å². The number of sulfonamides is 1. The second kappa shape index (κ2) is 10.4. The van der Waals surface area contributed by atoms with Crippen LogP contribution in [0.25, 0.3) is 16.6 Å². The molecule has 1 aliphatic carbocycles. The number of aliphatic hydroxyl groups excluding tert-OH is 2. The topological polar surface area (TPSA) is 125 Å². The van der Waals surface area contributed by atoms with Gasteiger partial charge in [-0.15, -0.1) is 0 Å². The van der Waals surface area contributed by atoms with E-state index < -0.39 is 16.1 Å². The largest absolute Gasteiger partial charge is 0.396 e. The quantitative estimate of drug-likeness (QED) is 0.367. The van der Waals surface area contributed by atoms with Gasteiger partial charge in [-0.1, -0.05) is 18.5 Å². The minimum Gasteiger partial charge on any atom is -0.396 e. The number of nitrogens with one attached hydrogen (secondary N) is 1. The molecule has 9 nitrogen and oxygen atoms in total. The molecule has 4 rings (SSSR count). The first-order valence-corrected chi connectivity index (χ1v) is 14.1. The van der Waals surface area contributed by atoms with E-state index in [4.69, 9.17) is 11.6 Å². The van der Waals surface area contributed by atoms with Crippen molar-refractivity contribution in [1.29, 1.82) is 0 Å². The molecule has 194 valence electrons. The predicted octanol–water partition coefficient (Wildman–Crippen LogP) is 3.06. The lowest BCUT2D eigenvalue weighted by molar-refractivity contribution is 0.0727. The summed E-state index contributed by atoms with van der Waals surface area (Å²) in [7, 11) is -2.14. The number of carbonyl (C=O) groups excluding carboxylic acids is 1. The normalized spacial score (nSPS) is 15.6. The average molecular weight is 535 g/mol. The molecular weight excluding hydrogens is 504 g/mol. The highest BCUT2D eigenvalue weighted by Gasteiger charge is 2.33. The summed E-state index contributed by atoms with van der Waals surface area (Å²) < 4.78 is 28.6. The van der Waals surface area contributed by atoms with Crippen LogP contribution in [0.4, 0.5) is 5.69 Å². The molecule has 2 aromatic carbocycles. The lowest BCUT2D eigenvalue weighted by Crippen LogP contribution is -2.35. The molecule has 3 aromatic rings. The summed E-state index contributed by atoms with van der Waals surface area (Å²) >= 11 is 6.05. The van der Waals surface area contributed by atoms with Crippen molar-refractivity contribution in [1.82, 2.24) is 15.1 Å². The molecule has 36 heavy (non-hydrogen) atoms. The van der Waals surface area contributed by atoms with Gasteiger partial charge in [0.15, 0.2) is 0 Å². The number of benzene rings is 2. The monoisotopic (exact) mass is 534 g/mol. The Morgan fingerprint density at radius 1 is 1.28 bits per heavy atom. The van der Waals surface area contributed by atoms with E-state index in [9.17, 15) is 23.4 Å². The first-order valence-electron chi connectivity index (χ1n) is 11.9. The van der Waals surface area contributed by atoms with Crippen molar-refractivity contribution in [3.8, 4) is 5.69 Å². The summed E-state index contributed by atoms with van der Waals surface area (Å²) in [5.41, 5.74) is 2.80. The van der Waals surface area contributed by atoms with Gasteiger partial charge in [-0.25, -0.2) is 13.1 Å². The van der Waals surface area contributed by atoms with Crippen LogP contribution >= 0.6 is 11.6 Å². The van der Waals surface area contributed by atoms with Crippen LogP contribution in [0.3, 0.4) is 0 Å². The molecule has 1 saturated carbocycles. The molecule has 0 saturated heterocycles. The van der Waals surface area contributed by atoms with Crippen LogP contribution in [0.2, 0.25) is 5.02 Å². The molecular formula is C25H31ClN4O5S. The molecule has 1 amide bonds. The van der Waals surface area contributed by atoms with Crippen molar-refractivity contribution in [3.63, 3.8) is 0 Å². The molecule has 1 heterocycles. The second-order valence-electron chi connectivity index (χ2n) is 9.37. The number of fused-ring (bicyclic) bond motifs is 1. The summed E-state index contributed by atoms with van der Waals surface area (Å²) in [5.74, 6) is -0.517. The zero-order chi connectivity index (χ0) is 26.2. The molecule has 11 heteroatoms. The minimum absolute atomic E-state index is 0.0514. The molecule has 2 unspecified atom stereocenters. The van der Waals surface area contributed by atoms with Gasteiger partial charge in [-0.2, -0.15) is 5.10 Å². The number of hydrogen-bond donors (Lipinski definition) is 3. The molecule has 1 aromatic heterocycles. The van der Waals surface area contributed by atoms with E-state index in [2.05, 4.69) is 10.4 Å². The Morgan fingerprint density at radius 3 is 2.50 bits per heavy atom. The number of carbonyl (C=O) groups is 1. The first kappa shape index (κ1) is 26.4. The maximum Gasteiger partial charge on any atom is 0.270 e. The van der Waals surface area contributed by atoms with Crippen LogP contribution in [0.15, 0.2) is 36.4 Å². The maximum atomic E-state index is 12.9. The van der Waals surface area contributed by atoms with E-state index in [1.54, 1.807) is 44.3 Å². The molecule has 0 radical (unpaired) electrons. The third-order valence-corrected chi connectivity index (χ3v) is 8.02. The summed E-state index contributed by atoms with van der Waals surface area (Å²) in [6, 6.07) is 10.5. The summed E-state index contributed by atoms with van der Waals surface area (Å²) in [5, 5.41) is 28.2. The number of hydrogen-bond acceptors (Lipinski definition) is 6. The number of amides is 1. The van der Waals surface area contributed by atoms with E-state index in [1.165, 1.54) is 8.99 Å². The van der Waals surface area contributed by atoms with E-state index >= 15 is 0 Å². The average Bonchev–Trinajstić information content (AvgIpc) is 3.62. The van der Waals surface area contributed by atoms with Gasteiger partial charge in [-0.05, 0) is 67.1 Å². The van der Waals surface area contributed by atoms with Gasteiger partial charge < -0.3 is 15.5 Å². The Kier molecular flexibility index (Phi) is 7.61. The lowest BCUT2D eigenvalue weighted by Gasteiger charge is -2.27. The van der Waals surface area contributed by atoms with Gasteiger partial charge in [0.05, 0.1) is 29.3 Å². The number of nitrogens with zero attached hydrogens (tertiary/aromatic N) is 3. The third kappa shape index (κ3) is 5.36. The van der Waals surface area contributed by atoms with Gasteiger partial charge in [0.25, 0.3) is 5.91 Å². The molecule has 0 bridgehead atoms. The van der Waals surface area contributed by atoms with E-state index in [1.807, 2.05) is 6.07 Å². The Morgan fingerprint density at radius 2 is 1.94 bits per heavy atom. The van der Waals surface area contributed by atoms with E-state index in [0.717, 1.165) is 24.7 Å². The zero-order valence-corrected chi connectivity index (χ0v) is 22.1. The van der Waals surface area contributed by atoms with E-state index in [-0.39, 0.29) is 37.3 Å². The predicted molar refractivity (Wildman–Crippen MR) is 141 cm³/mol. The molecule has 3 N–H and O–H groups in total. The molecule has 2 atom stereocenters. The van der Waals surface area contributed by atoms with Crippen LogP contribution < -0.4 is 9.62 Å². The highest BCUT2D eigenvalue weighted by molar-refractivity contribution is 7.92. The van der Waals surface area contributed by atoms with Crippen molar-refractivity contribution in [2.24, 2.45) is 5.92 Å². The summed E-state index contributed by atoms with van der Waals surface area (Å²) in [6.45, 7) is 1.57. The fourth-order valence-corrected chi connectivity index (χ4v) is 5.38. The van der Waals surface area contributed by atoms with Crippen LogP contribution in [-0.2, 0) is 10.0 Å². The Labute approximate surface area is 215 Å². The van der Waals surface area contributed by atoms with Crippen molar-refractivity contribution < 1.29 is 23.4 Å². The Bertz CT molecular complexity index is 1370. The summed E-state index contributed by atoms with van der Waals surface area (Å²) in [6.07, 6.45) is 2.29. The SMILES string of the molecule is CNC(=O)c1c2cc(C3CC3)c(N(CCC(O)C(C)CO)S(C)(=O)=O)cc2nn1-c1ccc(Cl)cc1. The van der Waals surface area contributed by atoms with Gasteiger partial charge in [-0.3, -0.25) is 9.10 Å². The highest BCUT2D eigenvalue weighted by atomic mass is 35.5. The van der Waals surface area contributed by atoms with Gasteiger partial charge in [0.1, 0.15) is 5.69 Å². The molecule has 1 aliphatic rings. The van der Waals surface area contributed by atoms with Crippen molar-refractivity contribution in [2.45, 2.75) is 38.2 Å². The number of anilines is 1. The fraction of sp³-hybridized carbons (Fsp3) is 0.440. The standard InChI is InChI=1S/C25H31ClN4O5S/c1-15(14-31)23(32)10-11-29(36(3,34)35)22-13-21-20(12-19(22)16-4-5-16)24(25(33)27-2)30(28-21)18-8-6-17(26)7-9-18/h6-9,12-13,15-16,23,31-32H,4-5,10-11,14H2,1-3H3,(H,27,33). The summed E-state index contributed by atoms with van der Waals surface area (Å²) in [4.78, 5) is 12.9. The number of rotatable bonds is 10. The van der Waals surface area contributed by atoms with Gasteiger partial charge in [0.2, 0.25) is 10.0 Å². The molecule has 0 spiro atoms. The molecule has 1 fully saturated rings. The van der Waals surface area contributed by atoms with Crippen LogP contribution in [0, 0.1) is 5.92 Å². The minimum atomic E-state index is -3.69. The number of aliphatic hydroxyl groups is 2. The first-order chi connectivity index (χ1) is 17.0. The lowest BCUT2D eigenvalue weighted by atomic mass is 10.0. The second-order valence-corrected chi connectivity index (χ2v) is 11.7. The number of halogens is 1. The van der Waals surface area contributed by atoms with Gasteiger partial charge in [0, 0.05) is 36.5 Å². The van der Waals surface area contributed by atoms with Crippen molar-refractivity contribution >= 4 is 44.1 Å². The molecule has 0 aliphatic heterocycles. The Balaban J connectivity index is 1.88. The van der Waals surface area contributed by atoms with Crippen LogP contribution in [-0.4, -0.2) is 66.9 Å². The van der Waals surface area contributed by atoms with Gasteiger partial charge >= 0.3 is 0 Å². The highest BCUT2D eigenvalue weighted by Crippen LogP contribution is 2.46. The maximum absolute atomic E-state index is 12.9. The third-order valence-electron chi connectivity index (χ3n) is 6.59.